The Kier molecular flexibility index (Phi) is 3.47. The van der Waals surface area contributed by atoms with Crippen molar-refractivity contribution >= 4 is 11.5 Å². The van der Waals surface area contributed by atoms with E-state index in [4.69, 9.17) is 4.42 Å². The molecule has 0 spiro atoms. The summed E-state index contributed by atoms with van der Waals surface area (Å²) in [6.07, 6.45) is 6.89. The molecule has 4 heteroatoms. The van der Waals surface area contributed by atoms with E-state index >= 15 is 0 Å². The van der Waals surface area contributed by atoms with E-state index in [0.29, 0.717) is 18.3 Å². The molecule has 0 saturated heterocycles. The highest BCUT2D eigenvalue weighted by molar-refractivity contribution is 5.76. The lowest BCUT2D eigenvalue weighted by Gasteiger charge is -2.60. The first-order chi connectivity index (χ1) is 11.4. The van der Waals surface area contributed by atoms with Crippen LogP contribution in [-0.2, 0) is 11.2 Å². The molecule has 1 aromatic heterocycles. The van der Waals surface area contributed by atoms with Gasteiger partial charge in [-0.15, -0.1) is 0 Å². The molecule has 0 bridgehead atoms. The molecule has 0 aromatic carbocycles. The lowest BCUT2D eigenvalue weighted by atomic mass is 9.43. The number of hydrogen-bond acceptors (Lipinski definition) is 3. The second-order valence-electron chi connectivity index (χ2n) is 8.31. The maximum absolute atomic E-state index is 12.1. The molecule has 4 nitrogen and oxygen atoms in total. The number of carboxylic acid groups (broad SMARTS) is 1. The van der Waals surface area contributed by atoms with Crippen molar-refractivity contribution in [3.8, 4) is 0 Å². The molecular formula is C20H26O4. The van der Waals surface area contributed by atoms with Crippen LogP contribution >= 0.6 is 0 Å². The van der Waals surface area contributed by atoms with Gasteiger partial charge in [-0.2, -0.15) is 0 Å². The third kappa shape index (κ3) is 1.86. The van der Waals surface area contributed by atoms with Crippen molar-refractivity contribution in [1.29, 1.82) is 0 Å². The highest BCUT2D eigenvalue weighted by atomic mass is 16.4. The summed E-state index contributed by atoms with van der Waals surface area (Å²) in [7, 11) is 0. The highest BCUT2D eigenvalue weighted by Crippen LogP contribution is 2.64. The number of rotatable bonds is 2. The van der Waals surface area contributed by atoms with Gasteiger partial charge in [0.05, 0.1) is 18.3 Å². The second-order valence-corrected chi connectivity index (χ2v) is 8.31. The number of furan rings is 1. The number of aliphatic hydroxyl groups is 1. The molecule has 2 fully saturated rings. The summed E-state index contributed by atoms with van der Waals surface area (Å²) in [5.74, 6) is 0.950. The molecule has 3 aliphatic rings. The Bertz CT molecular complexity index is 690. The van der Waals surface area contributed by atoms with E-state index in [-0.39, 0.29) is 17.9 Å². The fraction of sp³-hybridized carbons (Fsp3) is 0.650. The van der Waals surface area contributed by atoms with Crippen LogP contribution in [0.4, 0.5) is 0 Å². The van der Waals surface area contributed by atoms with Gasteiger partial charge in [-0.1, -0.05) is 19.9 Å². The topological polar surface area (TPSA) is 70.7 Å². The zero-order valence-corrected chi connectivity index (χ0v) is 14.3. The van der Waals surface area contributed by atoms with Crippen molar-refractivity contribution in [3.05, 3.63) is 30.2 Å². The second kappa shape index (κ2) is 5.22. The van der Waals surface area contributed by atoms with Crippen LogP contribution < -0.4 is 0 Å². The zero-order chi connectivity index (χ0) is 17.1. The molecule has 130 valence electrons. The Labute approximate surface area is 142 Å². The van der Waals surface area contributed by atoms with Crippen molar-refractivity contribution in [2.45, 2.75) is 45.4 Å². The first-order valence-electron chi connectivity index (χ1n) is 9.04. The molecule has 2 N–H and O–H groups in total. The minimum absolute atomic E-state index is 0.0202. The molecule has 1 heterocycles. The summed E-state index contributed by atoms with van der Waals surface area (Å²) in [4.78, 5) is 12.1. The molecule has 0 amide bonds. The van der Waals surface area contributed by atoms with Gasteiger partial charge < -0.3 is 14.6 Å². The largest absolute Gasteiger partial charge is 0.481 e. The number of fused-ring (bicyclic) bond motifs is 4. The summed E-state index contributed by atoms with van der Waals surface area (Å²) < 4.78 is 5.70. The van der Waals surface area contributed by atoms with Gasteiger partial charge in [0.2, 0.25) is 0 Å². The number of allylic oxidation sites excluding steroid dienone is 1. The molecule has 4 rings (SSSR count). The zero-order valence-electron chi connectivity index (χ0n) is 14.3. The number of carbonyl (C=O) groups is 1. The van der Waals surface area contributed by atoms with Crippen molar-refractivity contribution in [2.75, 3.05) is 6.61 Å². The fourth-order valence-electron chi connectivity index (χ4n) is 6.31. The normalized spacial score (nSPS) is 41.2. The molecule has 24 heavy (non-hydrogen) atoms. The van der Waals surface area contributed by atoms with Gasteiger partial charge in [-0.25, -0.2) is 0 Å². The van der Waals surface area contributed by atoms with E-state index in [1.54, 1.807) is 6.26 Å². The molecular weight excluding hydrogens is 304 g/mol. The smallest absolute Gasteiger partial charge is 0.312 e. The predicted octanol–water partition coefficient (Wildman–Crippen LogP) is 3.74. The first-order valence-corrected chi connectivity index (χ1v) is 9.04. The van der Waals surface area contributed by atoms with Gasteiger partial charge in [-0.3, -0.25) is 4.79 Å². The Balaban J connectivity index is 1.78. The number of aliphatic carboxylic acids is 1. The van der Waals surface area contributed by atoms with Crippen LogP contribution in [0.15, 0.2) is 23.3 Å². The van der Waals surface area contributed by atoms with E-state index in [1.165, 1.54) is 0 Å². The quantitative estimate of drug-likeness (QED) is 0.866. The summed E-state index contributed by atoms with van der Waals surface area (Å²) >= 11 is 0. The van der Waals surface area contributed by atoms with Crippen molar-refractivity contribution in [1.82, 2.24) is 0 Å². The summed E-state index contributed by atoms with van der Waals surface area (Å²) in [5, 5.41) is 19.9. The van der Waals surface area contributed by atoms with Gasteiger partial charge in [0, 0.05) is 12.0 Å². The highest BCUT2D eigenvalue weighted by Gasteiger charge is 2.61. The minimum Gasteiger partial charge on any atom is -0.481 e. The molecule has 5 atom stereocenters. The van der Waals surface area contributed by atoms with E-state index in [9.17, 15) is 15.0 Å². The molecule has 2 saturated carbocycles. The van der Waals surface area contributed by atoms with Gasteiger partial charge in [0.25, 0.3) is 0 Å². The SMILES string of the molecule is C=C1c2ccoc2C[C@H]2[C@@H]1CC[C@@H]1[C@@](CO)(C(=O)O)CCC[C@@]12C. The molecule has 3 aliphatic carbocycles. The number of aliphatic hydroxyl groups excluding tert-OH is 1. The van der Waals surface area contributed by atoms with Gasteiger partial charge in [-0.05, 0) is 60.5 Å². The average Bonchev–Trinajstić information content (AvgIpc) is 3.03. The van der Waals surface area contributed by atoms with Crippen LogP contribution in [0.5, 0.6) is 0 Å². The number of carboxylic acids is 1. The predicted molar refractivity (Wildman–Crippen MR) is 90.3 cm³/mol. The van der Waals surface area contributed by atoms with Crippen LogP contribution in [0.3, 0.4) is 0 Å². The molecule has 0 radical (unpaired) electrons. The third-order valence-electron chi connectivity index (χ3n) is 7.55. The molecule has 1 aromatic rings. The van der Waals surface area contributed by atoms with Crippen LogP contribution in [-0.4, -0.2) is 22.8 Å². The molecule has 0 aliphatic heterocycles. The van der Waals surface area contributed by atoms with Crippen molar-refractivity contribution in [3.63, 3.8) is 0 Å². The molecule has 0 unspecified atom stereocenters. The Morgan fingerprint density at radius 3 is 2.92 bits per heavy atom. The maximum atomic E-state index is 12.1. The number of hydrogen-bond donors (Lipinski definition) is 2. The van der Waals surface area contributed by atoms with Gasteiger partial charge >= 0.3 is 5.97 Å². The lowest BCUT2D eigenvalue weighted by molar-refractivity contribution is -0.177. The van der Waals surface area contributed by atoms with E-state index < -0.39 is 11.4 Å². The Morgan fingerprint density at radius 1 is 1.42 bits per heavy atom. The fourth-order valence-corrected chi connectivity index (χ4v) is 6.31. The van der Waals surface area contributed by atoms with E-state index in [1.807, 2.05) is 6.07 Å². The summed E-state index contributed by atoms with van der Waals surface area (Å²) in [6.45, 7) is 6.34. The summed E-state index contributed by atoms with van der Waals surface area (Å²) in [6, 6.07) is 2.01. The Hall–Kier alpha value is -1.55. The van der Waals surface area contributed by atoms with E-state index in [2.05, 4.69) is 13.5 Å². The van der Waals surface area contributed by atoms with Crippen LogP contribution in [0.1, 0.15) is 50.4 Å². The average molecular weight is 330 g/mol. The van der Waals surface area contributed by atoms with Gasteiger partial charge in [0.15, 0.2) is 0 Å². The first kappa shape index (κ1) is 15.9. The van der Waals surface area contributed by atoms with Crippen molar-refractivity contribution in [2.24, 2.45) is 28.6 Å². The Morgan fingerprint density at radius 2 is 2.21 bits per heavy atom. The van der Waals surface area contributed by atoms with Gasteiger partial charge in [0.1, 0.15) is 5.76 Å². The van der Waals surface area contributed by atoms with E-state index in [0.717, 1.165) is 49.0 Å². The van der Waals surface area contributed by atoms with Crippen LogP contribution in [0.2, 0.25) is 0 Å². The third-order valence-corrected chi connectivity index (χ3v) is 7.55. The lowest BCUT2D eigenvalue weighted by Crippen LogP contribution is -2.58. The minimum atomic E-state index is -0.983. The van der Waals surface area contributed by atoms with Crippen LogP contribution in [0.25, 0.3) is 5.57 Å². The monoisotopic (exact) mass is 330 g/mol. The van der Waals surface area contributed by atoms with Crippen molar-refractivity contribution < 1.29 is 19.4 Å². The van der Waals surface area contributed by atoms with Crippen LogP contribution in [0, 0.1) is 28.6 Å². The summed E-state index contributed by atoms with van der Waals surface area (Å²) in [5.41, 5.74) is 1.24. The maximum Gasteiger partial charge on any atom is 0.312 e. The standard InChI is InChI=1S/C20H26O4/c1-12-13-4-5-17-19(2,7-3-8-20(17,11-21)18(22)23)15(13)10-16-14(12)6-9-24-16/h6,9,13,15,17,21H,1,3-5,7-8,10-11H2,2H3,(H,22,23)/t13-,15+,17+,19-,20-/m1/s1.